The number of morpholine rings is 1. The standard InChI is InChI=1S/C9H18FNO.C2H6/c1-7(2)11-5-8(3)12-9(4-10)6-11;1-2/h7-9H,4-6H2,1-3H3;1-2H3. The molecule has 1 fully saturated rings. The monoisotopic (exact) mass is 205 g/mol. The van der Waals surface area contributed by atoms with Crippen LogP contribution in [0.15, 0.2) is 0 Å². The second kappa shape index (κ2) is 7.18. The van der Waals surface area contributed by atoms with Crippen molar-refractivity contribution < 1.29 is 9.13 Å². The van der Waals surface area contributed by atoms with E-state index < -0.39 is 0 Å². The first kappa shape index (κ1) is 13.8. The fraction of sp³-hybridized carbons (Fsp3) is 1.00. The van der Waals surface area contributed by atoms with Crippen molar-refractivity contribution in [2.45, 2.75) is 52.9 Å². The zero-order valence-electron chi connectivity index (χ0n) is 10.1. The minimum atomic E-state index is -0.368. The predicted molar refractivity (Wildman–Crippen MR) is 58.4 cm³/mol. The van der Waals surface area contributed by atoms with Gasteiger partial charge in [-0.2, -0.15) is 0 Å². The van der Waals surface area contributed by atoms with E-state index in [1.807, 2.05) is 20.8 Å². The normalized spacial score (nSPS) is 28.5. The highest BCUT2D eigenvalue weighted by Crippen LogP contribution is 2.13. The van der Waals surface area contributed by atoms with Crippen LogP contribution in [0.2, 0.25) is 0 Å². The van der Waals surface area contributed by atoms with Crippen LogP contribution in [0.1, 0.15) is 34.6 Å². The molecule has 0 aliphatic carbocycles. The number of halogens is 1. The van der Waals surface area contributed by atoms with E-state index >= 15 is 0 Å². The van der Waals surface area contributed by atoms with Crippen molar-refractivity contribution >= 4 is 0 Å². The molecule has 0 saturated carbocycles. The van der Waals surface area contributed by atoms with Gasteiger partial charge in [-0.05, 0) is 20.8 Å². The quantitative estimate of drug-likeness (QED) is 0.686. The van der Waals surface area contributed by atoms with E-state index in [1.54, 1.807) is 0 Å². The van der Waals surface area contributed by atoms with Gasteiger partial charge in [0.1, 0.15) is 6.67 Å². The number of ether oxygens (including phenoxy) is 1. The molecule has 0 aromatic carbocycles. The van der Waals surface area contributed by atoms with Crippen LogP contribution < -0.4 is 0 Å². The van der Waals surface area contributed by atoms with Crippen LogP contribution in [0.5, 0.6) is 0 Å². The number of nitrogens with zero attached hydrogens (tertiary/aromatic N) is 1. The molecule has 1 heterocycles. The van der Waals surface area contributed by atoms with Crippen LogP contribution in [-0.2, 0) is 4.74 Å². The van der Waals surface area contributed by atoms with Crippen molar-refractivity contribution in [1.29, 1.82) is 0 Å². The van der Waals surface area contributed by atoms with Gasteiger partial charge in [0.2, 0.25) is 0 Å². The molecule has 1 saturated heterocycles. The summed E-state index contributed by atoms with van der Waals surface area (Å²) in [6, 6.07) is 0.491. The lowest BCUT2D eigenvalue weighted by Gasteiger charge is -2.38. The Morgan fingerprint density at radius 1 is 1.36 bits per heavy atom. The molecule has 1 rings (SSSR count). The van der Waals surface area contributed by atoms with E-state index in [0.717, 1.165) is 13.1 Å². The van der Waals surface area contributed by atoms with E-state index in [2.05, 4.69) is 18.7 Å². The van der Waals surface area contributed by atoms with E-state index in [0.29, 0.717) is 6.04 Å². The summed E-state index contributed by atoms with van der Waals surface area (Å²) in [6.07, 6.45) is -0.0435. The van der Waals surface area contributed by atoms with Gasteiger partial charge in [0.25, 0.3) is 0 Å². The van der Waals surface area contributed by atoms with E-state index in [1.165, 1.54) is 0 Å². The summed E-state index contributed by atoms with van der Waals surface area (Å²) in [5.74, 6) is 0. The third-order valence-electron chi connectivity index (χ3n) is 2.26. The molecule has 14 heavy (non-hydrogen) atoms. The Kier molecular flexibility index (Phi) is 7.11. The molecule has 0 amide bonds. The van der Waals surface area contributed by atoms with Crippen LogP contribution in [-0.4, -0.2) is 42.9 Å². The lowest BCUT2D eigenvalue weighted by atomic mass is 10.2. The highest BCUT2D eigenvalue weighted by molar-refractivity contribution is 4.77. The summed E-state index contributed by atoms with van der Waals surface area (Å²) >= 11 is 0. The Bertz CT molecular complexity index is 141. The molecule has 3 heteroatoms. The zero-order valence-corrected chi connectivity index (χ0v) is 10.1. The van der Waals surface area contributed by atoms with Gasteiger partial charge < -0.3 is 4.74 Å². The van der Waals surface area contributed by atoms with Crippen molar-refractivity contribution in [1.82, 2.24) is 4.90 Å². The third-order valence-corrected chi connectivity index (χ3v) is 2.26. The average Bonchev–Trinajstić information content (AvgIpc) is 2.20. The first-order valence-electron chi connectivity index (χ1n) is 5.59. The van der Waals surface area contributed by atoms with Crippen LogP contribution in [0.25, 0.3) is 0 Å². The first-order valence-corrected chi connectivity index (χ1v) is 5.59. The van der Waals surface area contributed by atoms with E-state index in [-0.39, 0.29) is 18.9 Å². The van der Waals surface area contributed by atoms with Crippen molar-refractivity contribution in [3.05, 3.63) is 0 Å². The van der Waals surface area contributed by atoms with Gasteiger partial charge in [0, 0.05) is 19.1 Å². The lowest BCUT2D eigenvalue weighted by Crippen LogP contribution is -2.49. The average molecular weight is 205 g/mol. The summed E-state index contributed by atoms with van der Waals surface area (Å²) < 4.78 is 17.7. The van der Waals surface area contributed by atoms with E-state index in [4.69, 9.17) is 4.74 Å². The molecule has 0 bridgehead atoms. The first-order chi connectivity index (χ1) is 6.63. The lowest BCUT2D eigenvalue weighted by molar-refractivity contribution is -0.0920. The van der Waals surface area contributed by atoms with Crippen LogP contribution in [0.3, 0.4) is 0 Å². The Morgan fingerprint density at radius 3 is 2.36 bits per heavy atom. The summed E-state index contributed by atoms with van der Waals surface area (Å²) in [4.78, 5) is 2.26. The molecule has 0 N–H and O–H groups in total. The minimum absolute atomic E-state index is 0.168. The Hall–Kier alpha value is -0.150. The van der Waals surface area contributed by atoms with Gasteiger partial charge in [0.05, 0.1) is 12.2 Å². The molecular formula is C11H24FNO. The molecule has 86 valence electrons. The molecule has 0 aromatic heterocycles. The second-order valence-electron chi connectivity index (χ2n) is 3.77. The van der Waals surface area contributed by atoms with Crippen molar-refractivity contribution in [3.8, 4) is 0 Å². The minimum Gasteiger partial charge on any atom is -0.370 e. The maximum atomic E-state index is 12.3. The molecule has 1 aliphatic rings. The van der Waals surface area contributed by atoms with Crippen LogP contribution in [0, 0.1) is 0 Å². The molecule has 1 aliphatic heterocycles. The molecular weight excluding hydrogens is 181 g/mol. The van der Waals surface area contributed by atoms with Gasteiger partial charge in [0.15, 0.2) is 0 Å². The predicted octanol–water partition coefficient (Wildman–Crippen LogP) is 2.48. The van der Waals surface area contributed by atoms with Crippen molar-refractivity contribution in [2.75, 3.05) is 19.8 Å². The summed E-state index contributed by atoms with van der Waals surface area (Å²) in [7, 11) is 0. The number of alkyl halides is 1. The van der Waals surface area contributed by atoms with Gasteiger partial charge in [-0.1, -0.05) is 13.8 Å². The molecule has 2 unspecified atom stereocenters. The van der Waals surface area contributed by atoms with Crippen molar-refractivity contribution in [3.63, 3.8) is 0 Å². The Labute approximate surface area is 87.4 Å². The fourth-order valence-electron chi connectivity index (χ4n) is 1.59. The molecule has 0 radical (unpaired) electrons. The number of rotatable bonds is 2. The van der Waals surface area contributed by atoms with Gasteiger partial charge in [-0.15, -0.1) is 0 Å². The number of hydrogen-bond acceptors (Lipinski definition) is 2. The summed E-state index contributed by atoms with van der Waals surface area (Å²) in [5, 5.41) is 0. The smallest absolute Gasteiger partial charge is 0.117 e. The highest BCUT2D eigenvalue weighted by Gasteiger charge is 2.26. The van der Waals surface area contributed by atoms with Crippen molar-refractivity contribution in [2.24, 2.45) is 0 Å². The fourth-order valence-corrected chi connectivity index (χ4v) is 1.59. The van der Waals surface area contributed by atoms with Crippen LogP contribution in [0.4, 0.5) is 4.39 Å². The largest absolute Gasteiger partial charge is 0.370 e. The van der Waals surface area contributed by atoms with Crippen LogP contribution >= 0.6 is 0 Å². The maximum Gasteiger partial charge on any atom is 0.117 e. The molecule has 2 atom stereocenters. The molecule has 2 nitrogen and oxygen atoms in total. The summed E-state index contributed by atoms with van der Waals surface area (Å²) in [6.45, 7) is 11.6. The molecule has 0 spiro atoms. The second-order valence-corrected chi connectivity index (χ2v) is 3.77. The Morgan fingerprint density at radius 2 is 1.93 bits per heavy atom. The van der Waals surface area contributed by atoms with Gasteiger partial charge in [-0.25, -0.2) is 4.39 Å². The third kappa shape index (κ3) is 4.38. The highest BCUT2D eigenvalue weighted by atomic mass is 19.1. The summed E-state index contributed by atoms with van der Waals surface area (Å²) in [5.41, 5.74) is 0. The SMILES string of the molecule is CC.CC1CN(C(C)C)CC(CF)O1. The molecule has 0 aromatic rings. The van der Waals surface area contributed by atoms with Gasteiger partial charge in [-0.3, -0.25) is 4.90 Å². The topological polar surface area (TPSA) is 12.5 Å². The Balaban J connectivity index is 0.000000791. The number of hydrogen-bond donors (Lipinski definition) is 0. The van der Waals surface area contributed by atoms with E-state index in [9.17, 15) is 4.39 Å². The zero-order chi connectivity index (χ0) is 11.1. The maximum absolute atomic E-state index is 12.3. The van der Waals surface area contributed by atoms with Gasteiger partial charge >= 0.3 is 0 Å².